The predicted octanol–water partition coefficient (Wildman–Crippen LogP) is 3.12. The van der Waals surface area contributed by atoms with Crippen molar-refractivity contribution in [3.05, 3.63) is 65.3 Å². The van der Waals surface area contributed by atoms with Crippen molar-refractivity contribution in [3.63, 3.8) is 0 Å². The smallest absolute Gasteiger partial charge is 0.260 e. The van der Waals surface area contributed by atoms with Gasteiger partial charge in [-0.05, 0) is 56.0 Å². The van der Waals surface area contributed by atoms with Gasteiger partial charge in [0.15, 0.2) is 5.56 Å². The number of amides is 1. The average molecular weight is 479 g/mol. The van der Waals surface area contributed by atoms with Crippen LogP contribution >= 0.6 is 11.8 Å². The fourth-order valence-electron chi connectivity index (χ4n) is 4.17. The van der Waals surface area contributed by atoms with Gasteiger partial charge >= 0.3 is 0 Å². The standard InChI is InChI=1S/C24H26N6O3S/c31-22-21(34-24(32)30-22)12-18-8-10-25-23(29-18)28-17-6-4-16(5-7-17)26-13-19-2-1-3-20(27-19)15-9-11-33-14-15/h1-3,8-12,14,16-17,24,26,32H,4-7,13H2,(H,30,31)(H,25,28,29)/b21-12-. The number of carbonyl (C=O) groups excluding carboxylic acids is 1. The van der Waals surface area contributed by atoms with Gasteiger partial charge in [-0.25, -0.2) is 9.97 Å². The van der Waals surface area contributed by atoms with Crippen molar-refractivity contribution < 1.29 is 14.3 Å². The number of nitrogens with one attached hydrogen (secondary N) is 3. The lowest BCUT2D eigenvalue weighted by Gasteiger charge is -2.29. The molecule has 0 bridgehead atoms. The second kappa shape index (κ2) is 10.4. The second-order valence-electron chi connectivity index (χ2n) is 8.36. The van der Waals surface area contributed by atoms with Gasteiger partial charge < -0.3 is 25.5 Å². The van der Waals surface area contributed by atoms with Crippen molar-refractivity contribution in [2.75, 3.05) is 5.32 Å². The fourth-order valence-corrected chi connectivity index (χ4v) is 4.93. The number of aliphatic hydroxyl groups is 1. The zero-order chi connectivity index (χ0) is 23.3. The summed E-state index contributed by atoms with van der Waals surface area (Å²) in [5.41, 5.74) is 2.64. The molecule has 34 heavy (non-hydrogen) atoms. The highest BCUT2D eigenvalue weighted by Gasteiger charge is 2.25. The maximum absolute atomic E-state index is 11.8. The molecule has 0 spiro atoms. The van der Waals surface area contributed by atoms with Crippen LogP contribution in [-0.2, 0) is 11.3 Å². The van der Waals surface area contributed by atoms with Gasteiger partial charge in [0.05, 0.1) is 34.5 Å². The van der Waals surface area contributed by atoms with Gasteiger partial charge in [-0.3, -0.25) is 9.78 Å². The van der Waals surface area contributed by atoms with Crippen LogP contribution in [0.3, 0.4) is 0 Å². The first-order valence-corrected chi connectivity index (χ1v) is 12.2. The van der Waals surface area contributed by atoms with Gasteiger partial charge in [-0.2, -0.15) is 0 Å². The number of hydrogen-bond acceptors (Lipinski definition) is 9. The molecule has 0 radical (unpaired) electrons. The van der Waals surface area contributed by atoms with Crippen molar-refractivity contribution in [1.29, 1.82) is 0 Å². The average Bonchev–Trinajstić information content (AvgIpc) is 3.49. The number of aliphatic hydroxyl groups excluding tert-OH is 1. The number of hydrogen-bond donors (Lipinski definition) is 4. The number of carbonyl (C=O) groups is 1. The van der Waals surface area contributed by atoms with E-state index in [2.05, 4.69) is 25.9 Å². The van der Waals surface area contributed by atoms with E-state index in [1.54, 1.807) is 30.9 Å². The summed E-state index contributed by atoms with van der Waals surface area (Å²) in [6.45, 7) is 0.731. The van der Waals surface area contributed by atoms with Crippen LogP contribution in [0.4, 0.5) is 5.95 Å². The van der Waals surface area contributed by atoms with Crippen LogP contribution in [-0.4, -0.2) is 43.6 Å². The largest absolute Gasteiger partial charge is 0.472 e. The van der Waals surface area contributed by atoms with Crippen molar-refractivity contribution in [3.8, 4) is 11.3 Å². The molecule has 3 aromatic rings. The van der Waals surface area contributed by atoms with Crippen LogP contribution in [0.2, 0.25) is 0 Å². The first kappa shape index (κ1) is 22.6. The Bertz CT molecular complexity index is 1160. The molecule has 4 N–H and O–H groups in total. The summed E-state index contributed by atoms with van der Waals surface area (Å²) in [6.07, 6.45) is 10.8. The summed E-state index contributed by atoms with van der Waals surface area (Å²) in [6, 6.07) is 10.5. The van der Waals surface area contributed by atoms with E-state index >= 15 is 0 Å². The molecule has 1 aliphatic carbocycles. The molecule has 10 heteroatoms. The zero-order valence-electron chi connectivity index (χ0n) is 18.5. The van der Waals surface area contributed by atoms with Gasteiger partial charge in [0.25, 0.3) is 5.91 Å². The summed E-state index contributed by atoms with van der Waals surface area (Å²) in [5.74, 6) is 0.259. The highest BCUT2D eigenvalue weighted by molar-refractivity contribution is 8.05. The van der Waals surface area contributed by atoms with E-state index < -0.39 is 5.56 Å². The molecule has 176 valence electrons. The Balaban J connectivity index is 1.11. The van der Waals surface area contributed by atoms with Crippen LogP contribution in [0, 0.1) is 0 Å². The highest BCUT2D eigenvalue weighted by atomic mass is 32.2. The minimum Gasteiger partial charge on any atom is -0.472 e. The minimum atomic E-state index is -0.904. The fraction of sp³-hybridized carbons (Fsp3) is 0.333. The van der Waals surface area contributed by atoms with Gasteiger partial charge in [0.2, 0.25) is 5.95 Å². The third kappa shape index (κ3) is 5.64. The van der Waals surface area contributed by atoms with Gasteiger partial charge in [-0.1, -0.05) is 17.8 Å². The van der Waals surface area contributed by atoms with Crippen molar-refractivity contribution in [2.24, 2.45) is 0 Å². The molecule has 1 saturated carbocycles. The lowest BCUT2D eigenvalue weighted by atomic mass is 9.91. The first-order chi connectivity index (χ1) is 16.6. The minimum absolute atomic E-state index is 0.292. The Labute approximate surface area is 201 Å². The molecule has 9 nitrogen and oxygen atoms in total. The van der Waals surface area contributed by atoms with Crippen LogP contribution in [0.25, 0.3) is 17.3 Å². The maximum atomic E-state index is 11.8. The number of aromatic nitrogens is 3. The van der Waals surface area contributed by atoms with Crippen molar-refractivity contribution >= 4 is 29.7 Å². The Morgan fingerprint density at radius 1 is 1.15 bits per heavy atom. The monoisotopic (exact) mass is 478 g/mol. The molecule has 1 atom stereocenters. The Morgan fingerprint density at radius 3 is 2.76 bits per heavy atom. The van der Waals surface area contributed by atoms with Gasteiger partial charge in [0.1, 0.15) is 0 Å². The molecule has 2 fully saturated rings. The van der Waals surface area contributed by atoms with E-state index in [0.29, 0.717) is 28.6 Å². The molecule has 3 aromatic heterocycles. The summed E-state index contributed by atoms with van der Waals surface area (Å²) in [5, 5.41) is 19.0. The molecule has 2 aliphatic rings. The molecule has 4 heterocycles. The van der Waals surface area contributed by atoms with Crippen molar-refractivity contribution in [2.45, 2.75) is 49.9 Å². The van der Waals surface area contributed by atoms with E-state index in [-0.39, 0.29) is 5.91 Å². The van der Waals surface area contributed by atoms with E-state index in [0.717, 1.165) is 60.9 Å². The van der Waals surface area contributed by atoms with Crippen LogP contribution in [0.5, 0.6) is 0 Å². The number of anilines is 1. The number of rotatable bonds is 7. The van der Waals surface area contributed by atoms with E-state index in [1.807, 2.05) is 24.3 Å². The first-order valence-electron chi connectivity index (χ1n) is 11.3. The summed E-state index contributed by atoms with van der Waals surface area (Å²) < 4.78 is 5.16. The second-order valence-corrected chi connectivity index (χ2v) is 9.48. The quantitative estimate of drug-likeness (QED) is 0.379. The third-order valence-electron chi connectivity index (χ3n) is 5.93. The molecule has 1 amide bonds. The molecular formula is C24H26N6O3S. The highest BCUT2D eigenvalue weighted by Crippen LogP contribution is 2.27. The molecule has 1 unspecified atom stereocenters. The molecular weight excluding hydrogens is 452 g/mol. The van der Waals surface area contributed by atoms with E-state index in [1.165, 1.54) is 0 Å². The van der Waals surface area contributed by atoms with E-state index in [4.69, 9.17) is 9.40 Å². The normalized spacial score (nSPS) is 23.7. The predicted molar refractivity (Wildman–Crippen MR) is 130 cm³/mol. The van der Waals surface area contributed by atoms with Crippen LogP contribution in [0.1, 0.15) is 37.1 Å². The third-order valence-corrected chi connectivity index (χ3v) is 6.83. The summed E-state index contributed by atoms with van der Waals surface area (Å²) >= 11 is 1.07. The lowest BCUT2D eigenvalue weighted by Crippen LogP contribution is -2.37. The number of thioether (sulfide) groups is 1. The SMILES string of the molecule is O=C1NC(O)S/C1=C\c1ccnc(NC2CCC(NCc3cccc(-c4ccoc4)n3)CC2)n1. The Hall–Kier alpha value is -3.21. The Morgan fingerprint density at radius 2 is 2.00 bits per heavy atom. The summed E-state index contributed by atoms with van der Waals surface area (Å²) in [4.78, 5) is 25.8. The van der Waals surface area contributed by atoms with Gasteiger partial charge in [-0.15, -0.1) is 0 Å². The van der Waals surface area contributed by atoms with Crippen molar-refractivity contribution in [1.82, 2.24) is 25.6 Å². The molecule has 5 rings (SSSR count). The zero-order valence-corrected chi connectivity index (χ0v) is 19.3. The Kier molecular flexibility index (Phi) is 6.89. The molecule has 0 aromatic carbocycles. The van der Waals surface area contributed by atoms with E-state index in [9.17, 15) is 9.90 Å². The van der Waals surface area contributed by atoms with Gasteiger partial charge in [0, 0.05) is 30.4 Å². The molecule has 1 aliphatic heterocycles. The number of pyridine rings is 1. The number of nitrogens with zero attached hydrogens (tertiary/aromatic N) is 3. The summed E-state index contributed by atoms with van der Waals surface area (Å²) in [7, 11) is 0. The van der Waals surface area contributed by atoms with Crippen LogP contribution in [0.15, 0.2) is 58.4 Å². The lowest BCUT2D eigenvalue weighted by molar-refractivity contribution is -0.117. The number of furan rings is 1. The maximum Gasteiger partial charge on any atom is 0.260 e. The topological polar surface area (TPSA) is 125 Å². The molecule has 1 saturated heterocycles. The van der Waals surface area contributed by atoms with Crippen LogP contribution < -0.4 is 16.0 Å².